The van der Waals surface area contributed by atoms with Crippen LogP contribution in [0.2, 0.25) is 0 Å². The molecule has 0 aliphatic rings. The molecule has 0 saturated heterocycles. The van der Waals surface area contributed by atoms with E-state index in [0.29, 0.717) is 36.3 Å². The van der Waals surface area contributed by atoms with E-state index in [1.807, 2.05) is 61.5 Å². The summed E-state index contributed by atoms with van der Waals surface area (Å²) >= 11 is 0. The van der Waals surface area contributed by atoms with E-state index >= 15 is 0 Å². The Morgan fingerprint density at radius 1 is 1.07 bits per heavy atom. The van der Waals surface area contributed by atoms with Crippen LogP contribution in [0.4, 0.5) is 0 Å². The summed E-state index contributed by atoms with van der Waals surface area (Å²) in [7, 11) is 2.30. The number of benzene rings is 2. The highest BCUT2D eigenvalue weighted by molar-refractivity contribution is 14.0. The number of rotatable bonds is 9. The lowest BCUT2D eigenvalue weighted by molar-refractivity contribution is 0.213. The Hall–Kier alpha value is -1.81. The number of nitrogens with zero attached hydrogens (tertiary/aromatic N) is 1. The smallest absolute Gasteiger partial charge is 0.191 e. The third-order valence-corrected chi connectivity index (χ3v) is 5.14. The molecule has 8 heteroatoms. The van der Waals surface area contributed by atoms with E-state index in [-0.39, 0.29) is 30.1 Å². The predicted octanol–water partition coefficient (Wildman–Crippen LogP) is 3.05. The molecule has 0 heterocycles. The molecule has 154 valence electrons. The number of guanidine groups is 1. The standard InChI is InChI=1S/C20H27N3O3S.HI/c1-16(26-19-12-8-7-11-18(19)25-3)15-23-20(21-2)22-13-14-27(24)17-9-5-4-6-10-17;/h4-12,16H,13-15H2,1-3H3,(H2,21,22,23);1H. The molecule has 6 nitrogen and oxygen atoms in total. The third kappa shape index (κ3) is 8.05. The molecule has 0 saturated carbocycles. The molecular weight excluding hydrogens is 489 g/mol. The van der Waals surface area contributed by atoms with E-state index < -0.39 is 10.8 Å². The SMILES string of the molecule is CN=C(NCCS(=O)c1ccccc1)NCC(C)Oc1ccccc1OC.I. The molecular formula is C20H28IN3O3S. The number of hydrogen-bond acceptors (Lipinski definition) is 4. The van der Waals surface area contributed by atoms with Crippen LogP contribution in [0.5, 0.6) is 11.5 Å². The van der Waals surface area contributed by atoms with Gasteiger partial charge in [-0.1, -0.05) is 30.3 Å². The van der Waals surface area contributed by atoms with Crippen LogP contribution >= 0.6 is 24.0 Å². The van der Waals surface area contributed by atoms with Gasteiger partial charge in [-0.15, -0.1) is 24.0 Å². The van der Waals surface area contributed by atoms with Gasteiger partial charge in [-0.2, -0.15) is 0 Å². The molecule has 0 radical (unpaired) electrons. The number of para-hydroxylation sites is 2. The van der Waals surface area contributed by atoms with Gasteiger partial charge in [0.1, 0.15) is 6.10 Å². The van der Waals surface area contributed by atoms with Crippen molar-refractivity contribution >= 4 is 40.7 Å². The van der Waals surface area contributed by atoms with Gasteiger partial charge < -0.3 is 20.1 Å². The van der Waals surface area contributed by atoms with Crippen molar-refractivity contribution in [1.82, 2.24) is 10.6 Å². The van der Waals surface area contributed by atoms with E-state index in [1.165, 1.54) is 0 Å². The van der Waals surface area contributed by atoms with Gasteiger partial charge in [0.25, 0.3) is 0 Å². The minimum atomic E-state index is -1.03. The van der Waals surface area contributed by atoms with E-state index in [0.717, 1.165) is 4.90 Å². The molecule has 2 aromatic carbocycles. The zero-order chi connectivity index (χ0) is 19.5. The zero-order valence-electron chi connectivity index (χ0n) is 16.4. The van der Waals surface area contributed by atoms with E-state index in [1.54, 1.807) is 14.2 Å². The second-order valence-corrected chi connectivity index (χ2v) is 7.39. The monoisotopic (exact) mass is 517 g/mol. The molecule has 2 N–H and O–H groups in total. The lowest BCUT2D eigenvalue weighted by atomic mass is 10.3. The van der Waals surface area contributed by atoms with Crippen molar-refractivity contribution in [3.8, 4) is 11.5 Å². The summed E-state index contributed by atoms with van der Waals surface area (Å²) < 4.78 is 23.4. The number of halogens is 1. The minimum absolute atomic E-state index is 0. The first kappa shape index (κ1) is 24.2. The maximum absolute atomic E-state index is 12.2. The molecule has 0 bridgehead atoms. The molecule has 0 amide bonds. The van der Waals surface area contributed by atoms with Crippen LogP contribution < -0.4 is 20.1 Å². The first-order valence-electron chi connectivity index (χ1n) is 8.81. The van der Waals surface area contributed by atoms with Gasteiger partial charge in [0.05, 0.1) is 24.5 Å². The van der Waals surface area contributed by atoms with Crippen molar-refractivity contribution in [3.05, 3.63) is 54.6 Å². The molecule has 0 aliphatic carbocycles. The zero-order valence-corrected chi connectivity index (χ0v) is 19.5. The Morgan fingerprint density at radius 3 is 2.36 bits per heavy atom. The first-order valence-corrected chi connectivity index (χ1v) is 10.1. The fourth-order valence-electron chi connectivity index (χ4n) is 2.39. The summed E-state index contributed by atoms with van der Waals surface area (Å²) in [5.74, 6) is 2.57. The molecule has 28 heavy (non-hydrogen) atoms. The Balaban J connectivity index is 0.00000392. The maximum atomic E-state index is 12.2. The molecule has 2 rings (SSSR count). The van der Waals surface area contributed by atoms with Crippen molar-refractivity contribution in [3.63, 3.8) is 0 Å². The van der Waals surface area contributed by atoms with Gasteiger partial charge in [0, 0.05) is 24.2 Å². The Bertz CT molecular complexity index is 759. The fourth-order valence-corrected chi connectivity index (χ4v) is 3.37. The Morgan fingerprint density at radius 2 is 1.71 bits per heavy atom. The van der Waals surface area contributed by atoms with Gasteiger partial charge in [-0.25, -0.2) is 0 Å². The largest absolute Gasteiger partial charge is 0.493 e. The number of hydrogen-bond donors (Lipinski definition) is 2. The second kappa shape index (κ2) is 13.4. The normalized spacial score (nSPS) is 13.0. The van der Waals surface area contributed by atoms with Crippen LogP contribution in [0.3, 0.4) is 0 Å². The second-order valence-electron chi connectivity index (χ2n) is 5.82. The van der Waals surface area contributed by atoms with E-state index in [9.17, 15) is 4.21 Å². The summed E-state index contributed by atoms with van der Waals surface area (Å²) in [6.45, 7) is 3.10. The molecule has 0 aliphatic heterocycles. The summed E-state index contributed by atoms with van der Waals surface area (Å²) in [5.41, 5.74) is 0. The van der Waals surface area contributed by atoms with Crippen LogP contribution in [-0.4, -0.2) is 49.3 Å². The molecule has 0 aromatic heterocycles. The lowest BCUT2D eigenvalue weighted by Gasteiger charge is -2.19. The van der Waals surface area contributed by atoms with Crippen LogP contribution in [0, 0.1) is 0 Å². The maximum Gasteiger partial charge on any atom is 0.191 e. The number of aliphatic imine (C=N–C) groups is 1. The number of nitrogens with one attached hydrogen (secondary N) is 2. The summed E-state index contributed by atoms with van der Waals surface area (Å²) in [4.78, 5) is 5.02. The van der Waals surface area contributed by atoms with Crippen LogP contribution in [-0.2, 0) is 10.8 Å². The van der Waals surface area contributed by atoms with Crippen molar-refractivity contribution in [1.29, 1.82) is 0 Å². The first-order chi connectivity index (χ1) is 13.1. The van der Waals surface area contributed by atoms with Gasteiger partial charge in [0.15, 0.2) is 17.5 Å². The van der Waals surface area contributed by atoms with Crippen LogP contribution in [0.1, 0.15) is 6.92 Å². The summed E-state index contributed by atoms with van der Waals surface area (Å²) in [5, 5.41) is 6.39. The minimum Gasteiger partial charge on any atom is -0.493 e. The predicted molar refractivity (Wildman–Crippen MR) is 126 cm³/mol. The summed E-state index contributed by atoms with van der Waals surface area (Å²) in [6, 6.07) is 17.0. The van der Waals surface area contributed by atoms with Crippen molar-refractivity contribution in [2.45, 2.75) is 17.9 Å². The third-order valence-electron chi connectivity index (χ3n) is 3.76. The highest BCUT2D eigenvalue weighted by Gasteiger charge is 2.09. The molecule has 2 unspecified atom stereocenters. The van der Waals surface area contributed by atoms with Gasteiger partial charge in [0.2, 0.25) is 0 Å². The van der Waals surface area contributed by atoms with E-state index in [2.05, 4.69) is 15.6 Å². The van der Waals surface area contributed by atoms with Crippen molar-refractivity contribution < 1.29 is 13.7 Å². The average Bonchev–Trinajstić information content (AvgIpc) is 2.71. The Labute approximate surface area is 186 Å². The van der Waals surface area contributed by atoms with Gasteiger partial charge in [-0.05, 0) is 31.2 Å². The Kier molecular flexibility index (Phi) is 11.6. The molecule has 0 fully saturated rings. The van der Waals surface area contributed by atoms with Crippen LogP contribution in [0.15, 0.2) is 64.5 Å². The highest BCUT2D eigenvalue weighted by atomic mass is 127. The molecule has 2 aromatic rings. The topological polar surface area (TPSA) is 72.0 Å². The van der Waals surface area contributed by atoms with Crippen molar-refractivity contribution in [2.75, 3.05) is 33.0 Å². The average molecular weight is 517 g/mol. The quantitative estimate of drug-likeness (QED) is 0.304. The van der Waals surface area contributed by atoms with Gasteiger partial charge in [-0.3, -0.25) is 9.20 Å². The summed E-state index contributed by atoms with van der Waals surface area (Å²) in [6.07, 6.45) is -0.0849. The highest BCUT2D eigenvalue weighted by Crippen LogP contribution is 2.26. The lowest BCUT2D eigenvalue weighted by Crippen LogP contribution is -2.43. The van der Waals surface area contributed by atoms with E-state index in [4.69, 9.17) is 9.47 Å². The number of methoxy groups -OCH3 is 1. The number of ether oxygens (including phenoxy) is 2. The van der Waals surface area contributed by atoms with Crippen LogP contribution in [0.25, 0.3) is 0 Å². The molecule has 0 spiro atoms. The van der Waals surface area contributed by atoms with Gasteiger partial charge >= 0.3 is 0 Å². The molecule has 2 atom stereocenters. The van der Waals surface area contributed by atoms with Crippen molar-refractivity contribution in [2.24, 2.45) is 4.99 Å². The fraction of sp³-hybridized carbons (Fsp3) is 0.350.